The second-order valence-electron chi connectivity index (χ2n) is 5.52. The Kier molecular flexibility index (Phi) is 6.79. The lowest BCUT2D eigenvalue weighted by molar-refractivity contribution is -0.119. The van der Waals surface area contributed by atoms with E-state index in [4.69, 9.17) is 27.9 Å². The van der Waals surface area contributed by atoms with Gasteiger partial charge in [-0.1, -0.05) is 55.2 Å². The molecule has 132 valence electrons. The van der Waals surface area contributed by atoms with Gasteiger partial charge in [-0.15, -0.1) is 0 Å². The van der Waals surface area contributed by atoms with E-state index in [0.717, 1.165) is 12.0 Å². The number of halogens is 2. The van der Waals surface area contributed by atoms with Crippen molar-refractivity contribution in [2.75, 3.05) is 11.9 Å². The Balaban J connectivity index is 1.98. The third-order valence-corrected chi connectivity index (χ3v) is 4.10. The number of para-hydroxylation sites is 1. The van der Waals surface area contributed by atoms with Crippen molar-refractivity contribution in [3.05, 3.63) is 57.8 Å². The van der Waals surface area contributed by atoms with E-state index in [2.05, 4.69) is 24.1 Å². The average molecular weight is 381 g/mol. The number of aromatic nitrogens is 1. The normalized spacial score (nSPS) is 11.7. The molecule has 1 atom stereocenters. The van der Waals surface area contributed by atoms with Crippen LogP contribution in [0.3, 0.4) is 0 Å². The molecule has 0 radical (unpaired) electrons. The minimum atomic E-state index is -0.698. The predicted octanol–water partition coefficient (Wildman–Crippen LogP) is 4.70. The third-order valence-electron chi connectivity index (χ3n) is 3.71. The van der Waals surface area contributed by atoms with Crippen molar-refractivity contribution in [3.63, 3.8) is 0 Å². The molecule has 7 heteroatoms. The molecular formula is C18H18Cl2N2O3. The summed E-state index contributed by atoms with van der Waals surface area (Å²) in [6.07, 6.45) is 0.950. The molecule has 1 aromatic carbocycles. The van der Waals surface area contributed by atoms with Gasteiger partial charge in [0.1, 0.15) is 10.3 Å². The number of nitrogens with zero attached hydrogens (tertiary/aromatic N) is 1. The Morgan fingerprint density at radius 1 is 1.20 bits per heavy atom. The first-order valence-electron chi connectivity index (χ1n) is 7.79. The number of amides is 1. The number of benzene rings is 1. The zero-order chi connectivity index (χ0) is 18.4. The predicted molar refractivity (Wildman–Crippen MR) is 98.3 cm³/mol. The van der Waals surface area contributed by atoms with Gasteiger partial charge in [-0.05, 0) is 36.1 Å². The molecule has 0 bridgehead atoms. The lowest BCUT2D eigenvalue weighted by atomic mass is 9.97. The van der Waals surface area contributed by atoms with Gasteiger partial charge >= 0.3 is 5.97 Å². The number of esters is 1. The first kappa shape index (κ1) is 19.2. The number of ether oxygens (including phenoxy) is 1. The summed E-state index contributed by atoms with van der Waals surface area (Å²) >= 11 is 11.5. The minimum absolute atomic E-state index is 0.0754. The highest BCUT2D eigenvalue weighted by molar-refractivity contribution is 6.32. The fourth-order valence-electron chi connectivity index (χ4n) is 2.24. The van der Waals surface area contributed by atoms with Gasteiger partial charge in [-0.2, -0.15) is 0 Å². The fraction of sp³-hybridized carbons (Fsp3) is 0.278. The van der Waals surface area contributed by atoms with Crippen molar-refractivity contribution in [2.45, 2.75) is 26.2 Å². The summed E-state index contributed by atoms with van der Waals surface area (Å²) in [5, 5.41) is 2.93. The number of carbonyl (C=O) groups is 2. The van der Waals surface area contributed by atoms with E-state index in [-0.39, 0.29) is 15.9 Å². The molecule has 1 heterocycles. The molecule has 25 heavy (non-hydrogen) atoms. The molecule has 0 unspecified atom stereocenters. The molecule has 0 aliphatic rings. The van der Waals surface area contributed by atoms with Crippen LogP contribution in [0.5, 0.6) is 0 Å². The van der Waals surface area contributed by atoms with Crippen LogP contribution in [-0.4, -0.2) is 23.5 Å². The standard InChI is InChI=1S/C18H18Cl2N2O3/c1-3-11(2)13-6-4-5-7-14(13)21-17(23)10-25-18(24)12-8-15(19)22-16(20)9-12/h4-9,11H,3,10H2,1-2H3,(H,21,23)/t11-/m0/s1. The average Bonchev–Trinajstić information content (AvgIpc) is 2.58. The van der Waals surface area contributed by atoms with Crippen molar-refractivity contribution < 1.29 is 14.3 Å². The summed E-state index contributed by atoms with van der Waals surface area (Å²) in [5.74, 6) is -0.813. The zero-order valence-corrected chi connectivity index (χ0v) is 15.4. The van der Waals surface area contributed by atoms with E-state index in [9.17, 15) is 9.59 Å². The van der Waals surface area contributed by atoms with Gasteiger partial charge in [-0.25, -0.2) is 9.78 Å². The summed E-state index contributed by atoms with van der Waals surface area (Å²) in [4.78, 5) is 27.8. The molecule has 1 aromatic heterocycles. The van der Waals surface area contributed by atoms with Crippen LogP contribution in [0.1, 0.15) is 42.1 Å². The Hall–Kier alpha value is -2.11. The Labute approximate surface area is 156 Å². The van der Waals surface area contributed by atoms with Crippen LogP contribution in [0.15, 0.2) is 36.4 Å². The number of anilines is 1. The molecule has 1 N–H and O–H groups in total. The van der Waals surface area contributed by atoms with Crippen LogP contribution in [0, 0.1) is 0 Å². The van der Waals surface area contributed by atoms with Gasteiger partial charge < -0.3 is 10.1 Å². The van der Waals surface area contributed by atoms with Gasteiger partial charge in [-0.3, -0.25) is 4.79 Å². The molecule has 0 fully saturated rings. The maximum absolute atomic E-state index is 12.1. The quantitative estimate of drug-likeness (QED) is 0.582. The summed E-state index contributed by atoms with van der Waals surface area (Å²) in [6.45, 7) is 3.75. The van der Waals surface area contributed by atoms with Gasteiger partial charge in [0.2, 0.25) is 0 Å². The van der Waals surface area contributed by atoms with E-state index < -0.39 is 18.5 Å². The van der Waals surface area contributed by atoms with Gasteiger partial charge in [0, 0.05) is 5.69 Å². The third kappa shape index (κ3) is 5.44. The van der Waals surface area contributed by atoms with E-state index in [1.54, 1.807) is 0 Å². The second-order valence-corrected chi connectivity index (χ2v) is 6.30. The van der Waals surface area contributed by atoms with Crippen LogP contribution < -0.4 is 5.32 Å². The van der Waals surface area contributed by atoms with Crippen LogP contribution in [0.4, 0.5) is 5.69 Å². The SMILES string of the molecule is CC[C@H](C)c1ccccc1NC(=O)COC(=O)c1cc(Cl)nc(Cl)c1. The Bertz CT molecular complexity index is 760. The maximum Gasteiger partial charge on any atom is 0.338 e. The largest absolute Gasteiger partial charge is 0.452 e. The summed E-state index contributed by atoms with van der Waals surface area (Å²) in [5.41, 5.74) is 1.89. The first-order valence-corrected chi connectivity index (χ1v) is 8.55. The highest BCUT2D eigenvalue weighted by Gasteiger charge is 2.14. The molecule has 0 spiro atoms. The van der Waals surface area contributed by atoms with E-state index in [1.165, 1.54) is 12.1 Å². The van der Waals surface area contributed by atoms with Crippen LogP contribution in [0.25, 0.3) is 0 Å². The van der Waals surface area contributed by atoms with E-state index in [1.807, 2.05) is 24.3 Å². The number of pyridine rings is 1. The number of hydrogen-bond acceptors (Lipinski definition) is 4. The molecule has 1 amide bonds. The Morgan fingerprint density at radius 2 is 1.84 bits per heavy atom. The number of carbonyl (C=O) groups excluding carboxylic acids is 2. The van der Waals surface area contributed by atoms with Gasteiger partial charge in [0.25, 0.3) is 5.91 Å². The molecule has 5 nitrogen and oxygen atoms in total. The van der Waals surface area contributed by atoms with Crippen molar-refractivity contribution in [3.8, 4) is 0 Å². The number of nitrogens with one attached hydrogen (secondary N) is 1. The van der Waals surface area contributed by atoms with Gasteiger partial charge in [0.05, 0.1) is 5.56 Å². The van der Waals surface area contributed by atoms with Crippen molar-refractivity contribution >= 4 is 40.8 Å². The monoisotopic (exact) mass is 380 g/mol. The Morgan fingerprint density at radius 3 is 2.48 bits per heavy atom. The van der Waals surface area contributed by atoms with Crippen LogP contribution >= 0.6 is 23.2 Å². The first-order chi connectivity index (χ1) is 11.9. The van der Waals surface area contributed by atoms with E-state index >= 15 is 0 Å². The molecule has 0 saturated carbocycles. The molecule has 2 aromatic rings. The molecule has 0 saturated heterocycles. The second kappa shape index (κ2) is 8.83. The number of rotatable bonds is 6. The number of hydrogen-bond donors (Lipinski definition) is 1. The summed E-state index contributed by atoms with van der Waals surface area (Å²) in [7, 11) is 0. The van der Waals surface area contributed by atoms with Crippen molar-refractivity contribution in [1.29, 1.82) is 0 Å². The maximum atomic E-state index is 12.1. The summed E-state index contributed by atoms with van der Waals surface area (Å²) < 4.78 is 5.00. The lowest BCUT2D eigenvalue weighted by Crippen LogP contribution is -2.21. The van der Waals surface area contributed by atoms with Crippen LogP contribution in [0.2, 0.25) is 10.3 Å². The van der Waals surface area contributed by atoms with Crippen molar-refractivity contribution in [2.24, 2.45) is 0 Å². The molecule has 2 rings (SSSR count). The van der Waals surface area contributed by atoms with E-state index in [0.29, 0.717) is 11.6 Å². The molecular weight excluding hydrogens is 363 g/mol. The molecule has 0 aliphatic heterocycles. The minimum Gasteiger partial charge on any atom is -0.452 e. The molecule has 0 aliphatic carbocycles. The van der Waals surface area contributed by atoms with Crippen LogP contribution in [-0.2, 0) is 9.53 Å². The van der Waals surface area contributed by atoms with Gasteiger partial charge in [0.15, 0.2) is 6.61 Å². The topological polar surface area (TPSA) is 68.3 Å². The highest BCUT2D eigenvalue weighted by Crippen LogP contribution is 2.26. The summed E-state index contributed by atoms with van der Waals surface area (Å²) in [6, 6.07) is 10.2. The smallest absolute Gasteiger partial charge is 0.338 e. The fourth-order valence-corrected chi connectivity index (χ4v) is 2.70. The highest BCUT2D eigenvalue weighted by atomic mass is 35.5. The lowest BCUT2D eigenvalue weighted by Gasteiger charge is -2.15. The zero-order valence-electron chi connectivity index (χ0n) is 13.9. The van der Waals surface area contributed by atoms with Crippen molar-refractivity contribution in [1.82, 2.24) is 4.98 Å².